The Bertz CT molecular complexity index is 254. The van der Waals surface area contributed by atoms with E-state index < -0.39 is 0 Å². The standard InChI is InChI=1S/C13H26N4/c1-17(12-7-8-12)10-9-15-13(14)16-11-5-3-2-4-6-11/h11-12H,2-10H2,1H3,(H3,14,15,16). The van der Waals surface area contributed by atoms with E-state index in [-0.39, 0.29) is 0 Å². The van der Waals surface area contributed by atoms with Crippen molar-refractivity contribution in [2.75, 3.05) is 20.1 Å². The van der Waals surface area contributed by atoms with Crippen molar-refractivity contribution in [1.82, 2.24) is 10.2 Å². The Labute approximate surface area is 105 Å². The van der Waals surface area contributed by atoms with Gasteiger partial charge in [0.1, 0.15) is 0 Å². The fourth-order valence-corrected chi connectivity index (χ4v) is 2.53. The summed E-state index contributed by atoms with van der Waals surface area (Å²) in [5.74, 6) is 0.640. The first kappa shape index (κ1) is 12.7. The van der Waals surface area contributed by atoms with Gasteiger partial charge in [0, 0.05) is 18.6 Å². The lowest BCUT2D eigenvalue weighted by Gasteiger charge is -2.23. The fraction of sp³-hybridized carbons (Fsp3) is 0.923. The van der Waals surface area contributed by atoms with Crippen LogP contribution >= 0.6 is 0 Å². The topological polar surface area (TPSA) is 53.6 Å². The van der Waals surface area contributed by atoms with Crippen molar-refractivity contribution < 1.29 is 0 Å². The van der Waals surface area contributed by atoms with Crippen molar-refractivity contribution in [3.63, 3.8) is 0 Å². The molecule has 2 fully saturated rings. The second-order valence-electron chi connectivity index (χ2n) is 5.46. The van der Waals surface area contributed by atoms with E-state index in [2.05, 4.69) is 22.3 Å². The number of nitrogens with two attached hydrogens (primary N) is 1. The van der Waals surface area contributed by atoms with Gasteiger partial charge in [0.25, 0.3) is 0 Å². The molecule has 0 aliphatic heterocycles. The van der Waals surface area contributed by atoms with Crippen molar-refractivity contribution >= 4 is 5.96 Å². The summed E-state index contributed by atoms with van der Waals surface area (Å²) in [5.41, 5.74) is 5.90. The van der Waals surface area contributed by atoms with Crippen LogP contribution in [-0.2, 0) is 0 Å². The Kier molecular flexibility index (Phi) is 4.66. The van der Waals surface area contributed by atoms with Gasteiger partial charge in [-0.15, -0.1) is 0 Å². The molecule has 0 heterocycles. The normalized spacial score (nSPS) is 23.1. The van der Waals surface area contributed by atoms with Crippen LogP contribution in [0.25, 0.3) is 0 Å². The predicted octanol–water partition coefficient (Wildman–Crippen LogP) is 1.32. The Morgan fingerprint density at radius 3 is 2.59 bits per heavy atom. The molecule has 2 rings (SSSR count). The minimum absolute atomic E-state index is 0.564. The highest BCUT2D eigenvalue weighted by Crippen LogP contribution is 2.24. The molecule has 0 unspecified atom stereocenters. The molecule has 0 aromatic rings. The minimum atomic E-state index is 0.564. The van der Waals surface area contributed by atoms with Gasteiger partial charge in [-0.1, -0.05) is 19.3 Å². The van der Waals surface area contributed by atoms with Crippen LogP contribution < -0.4 is 11.1 Å². The van der Waals surface area contributed by atoms with E-state index in [4.69, 9.17) is 5.73 Å². The number of nitrogens with one attached hydrogen (secondary N) is 1. The van der Waals surface area contributed by atoms with Gasteiger partial charge in [0.2, 0.25) is 0 Å². The molecule has 0 amide bonds. The number of hydrogen-bond acceptors (Lipinski definition) is 2. The van der Waals surface area contributed by atoms with Crippen molar-refractivity contribution in [3.05, 3.63) is 0 Å². The van der Waals surface area contributed by atoms with E-state index in [1.54, 1.807) is 0 Å². The van der Waals surface area contributed by atoms with Crippen LogP contribution in [0, 0.1) is 0 Å². The van der Waals surface area contributed by atoms with Gasteiger partial charge in [-0.3, -0.25) is 4.99 Å². The van der Waals surface area contributed by atoms with Gasteiger partial charge in [-0.2, -0.15) is 0 Å². The molecule has 0 aromatic carbocycles. The molecule has 0 radical (unpaired) electrons. The first-order valence-corrected chi connectivity index (χ1v) is 7.02. The van der Waals surface area contributed by atoms with Crippen LogP contribution in [0.1, 0.15) is 44.9 Å². The van der Waals surface area contributed by atoms with Crippen LogP contribution in [0.2, 0.25) is 0 Å². The molecule has 0 saturated heterocycles. The summed E-state index contributed by atoms with van der Waals surface area (Å²) in [7, 11) is 2.18. The Morgan fingerprint density at radius 1 is 1.24 bits per heavy atom. The monoisotopic (exact) mass is 238 g/mol. The zero-order chi connectivity index (χ0) is 12.1. The molecular formula is C13H26N4. The maximum absolute atomic E-state index is 5.90. The Morgan fingerprint density at radius 2 is 1.94 bits per heavy atom. The molecule has 4 nitrogen and oxygen atoms in total. The predicted molar refractivity (Wildman–Crippen MR) is 72.2 cm³/mol. The summed E-state index contributed by atoms with van der Waals surface area (Å²) in [6.45, 7) is 1.84. The third-order valence-corrected chi connectivity index (χ3v) is 3.86. The SMILES string of the molecule is CN(CCN=C(N)NC1CCCCC1)C1CC1. The molecule has 4 heteroatoms. The molecule has 2 aliphatic carbocycles. The van der Waals surface area contributed by atoms with E-state index in [0.717, 1.165) is 19.1 Å². The fourth-order valence-electron chi connectivity index (χ4n) is 2.53. The zero-order valence-corrected chi connectivity index (χ0v) is 11.0. The number of hydrogen-bond donors (Lipinski definition) is 2. The zero-order valence-electron chi connectivity index (χ0n) is 11.0. The Balaban J connectivity index is 1.61. The van der Waals surface area contributed by atoms with Gasteiger partial charge in [-0.05, 0) is 32.7 Å². The number of likely N-dealkylation sites (N-methyl/N-ethyl adjacent to an activating group) is 1. The van der Waals surface area contributed by atoms with Crippen molar-refractivity contribution in [2.24, 2.45) is 10.7 Å². The number of guanidine groups is 1. The quantitative estimate of drug-likeness (QED) is 0.561. The molecule has 0 atom stereocenters. The molecule has 17 heavy (non-hydrogen) atoms. The van der Waals surface area contributed by atoms with Gasteiger partial charge in [0.15, 0.2) is 5.96 Å². The lowest BCUT2D eigenvalue weighted by Crippen LogP contribution is -2.41. The van der Waals surface area contributed by atoms with E-state index in [1.807, 2.05) is 0 Å². The van der Waals surface area contributed by atoms with Gasteiger partial charge in [0.05, 0.1) is 6.54 Å². The average molecular weight is 238 g/mol. The molecule has 0 spiro atoms. The molecule has 2 saturated carbocycles. The van der Waals surface area contributed by atoms with Crippen LogP contribution in [0.4, 0.5) is 0 Å². The van der Waals surface area contributed by atoms with Crippen LogP contribution in [0.3, 0.4) is 0 Å². The third kappa shape index (κ3) is 4.54. The highest BCUT2D eigenvalue weighted by atomic mass is 15.2. The van der Waals surface area contributed by atoms with Crippen molar-refractivity contribution in [3.8, 4) is 0 Å². The summed E-state index contributed by atoms with van der Waals surface area (Å²) in [6.07, 6.45) is 9.24. The second kappa shape index (κ2) is 6.24. The van der Waals surface area contributed by atoms with Gasteiger partial charge in [-0.25, -0.2) is 0 Å². The number of rotatable bonds is 5. The largest absolute Gasteiger partial charge is 0.370 e. The van der Waals surface area contributed by atoms with Crippen LogP contribution in [-0.4, -0.2) is 43.1 Å². The molecule has 0 aromatic heterocycles. The molecule has 98 valence electrons. The van der Waals surface area contributed by atoms with E-state index in [1.165, 1.54) is 44.9 Å². The molecular weight excluding hydrogens is 212 g/mol. The highest BCUT2D eigenvalue weighted by Gasteiger charge is 2.25. The number of nitrogens with zero attached hydrogens (tertiary/aromatic N) is 2. The summed E-state index contributed by atoms with van der Waals surface area (Å²) in [6, 6.07) is 1.38. The molecule has 2 aliphatic rings. The lowest BCUT2D eigenvalue weighted by atomic mass is 9.96. The van der Waals surface area contributed by atoms with Crippen LogP contribution in [0.15, 0.2) is 4.99 Å². The molecule has 3 N–H and O–H groups in total. The third-order valence-electron chi connectivity index (χ3n) is 3.86. The molecule has 0 bridgehead atoms. The number of aliphatic imine (C=N–C) groups is 1. The summed E-state index contributed by atoms with van der Waals surface area (Å²) < 4.78 is 0. The first-order valence-electron chi connectivity index (χ1n) is 7.02. The van der Waals surface area contributed by atoms with E-state index in [9.17, 15) is 0 Å². The maximum Gasteiger partial charge on any atom is 0.188 e. The lowest BCUT2D eigenvalue weighted by molar-refractivity contribution is 0.333. The summed E-state index contributed by atoms with van der Waals surface area (Å²) in [4.78, 5) is 6.80. The van der Waals surface area contributed by atoms with Crippen LogP contribution in [0.5, 0.6) is 0 Å². The minimum Gasteiger partial charge on any atom is -0.370 e. The van der Waals surface area contributed by atoms with E-state index in [0.29, 0.717) is 12.0 Å². The van der Waals surface area contributed by atoms with Crippen molar-refractivity contribution in [2.45, 2.75) is 57.0 Å². The average Bonchev–Trinajstić information content (AvgIpc) is 3.14. The second-order valence-corrected chi connectivity index (χ2v) is 5.46. The van der Waals surface area contributed by atoms with E-state index >= 15 is 0 Å². The summed E-state index contributed by atoms with van der Waals surface area (Å²) in [5, 5.41) is 3.35. The summed E-state index contributed by atoms with van der Waals surface area (Å²) >= 11 is 0. The highest BCUT2D eigenvalue weighted by molar-refractivity contribution is 5.78. The maximum atomic E-state index is 5.90. The van der Waals surface area contributed by atoms with Crippen molar-refractivity contribution in [1.29, 1.82) is 0 Å². The first-order chi connectivity index (χ1) is 8.25. The van der Waals surface area contributed by atoms with Gasteiger partial charge < -0.3 is 16.0 Å². The smallest absolute Gasteiger partial charge is 0.188 e. The Hall–Kier alpha value is -0.770. The van der Waals surface area contributed by atoms with Gasteiger partial charge >= 0.3 is 0 Å².